The number of rotatable bonds is 4. The highest BCUT2D eigenvalue weighted by molar-refractivity contribution is 9.10. The van der Waals surface area contributed by atoms with Gasteiger partial charge in [-0.1, -0.05) is 0 Å². The summed E-state index contributed by atoms with van der Waals surface area (Å²) in [4.78, 5) is 13.5. The number of phenolic OH excluding ortho intramolecular Hbond substituents is 1. The van der Waals surface area contributed by atoms with E-state index in [-0.39, 0.29) is 17.6 Å². The Balaban J connectivity index is 2.10. The smallest absolute Gasteiger partial charge is 0.221 e. The molecule has 1 heterocycles. The summed E-state index contributed by atoms with van der Waals surface area (Å²) in [5.74, 6) is 0.258. The SMILES string of the molecule is COc1cc(CN2CCC[C@H](C(N)=O)C2)cc(Br)c1O. The molecule has 2 rings (SSSR count). The number of carbonyl (C=O) groups excluding carboxylic acids is 1. The Hall–Kier alpha value is -1.27. The number of aromatic hydroxyl groups is 1. The first-order chi connectivity index (χ1) is 9.51. The quantitative estimate of drug-likeness (QED) is 0.875. The number of amides is 1. The predicted octanol–water partition coefficient (Wildman–Crippen LogP) is 1.86. The fourth-order valence-corrected chi connectivity index (χ4v) is 3.05. The zero-order valence-corrected chi connectivity index (χ0v) is 13.0. The van der Waals surface area contributed by atoms with E-state index in [0.717, 1.165) is 24.9 Å². The summed E-state index contributed by atoms with van der Waals surface area (Å²) in [6.45, 7) is 2.35. The molecular formula is C14H19BrN2O3. The molecule has 0 spiro atoms. The second-order valence-corrected chi connectivity index (χ2v) is 5.96. The first-order valence-electron chi connectivity index (χ1n) is 6.58. The van der Waals surface area contributed by atoms with Crippen molar-refractivity contribution in [1.29, 1.82) is 0 Å². The maximum Gasteiger partial charge on any atom is 0.221 e. The van der Waals surface area contributed by atoms with Crippen LogP contribution in [0, 0.1) is 5.92 Å². The molecule has 0 bridgehead atoms. The van der Waals surface area contributed by atoms with Crippen LogP contribution in [0.3, 0.4) is 0 Å². The lowest BCUT2D eigenvalue weighted by molar-refractivity contribution is -0.123. The fourth-order valence-electron chi connectivity index (χ4n) is 2.56. The standard InChI is InChI=1S/C14H19BrN2O3/c1-20-12-6-9(5-11(15)13(12)18)7-17-4-2-3-10(8-17)14(16)19/h5-6,10,18H,2-4,7-8H2,1H3,(H2,16,19)/t10-/m0/s1. The molecule has 1 aromatic carbocycles. The third-order valence-electron chi connectivity index (χ3n) is 3.62. The number of primary amides is 1. The molecule has 20 heavy (non-hydrogen) atoms. The Morgan fingerprint density at radius 2 is 2.35 bits per heavy atom. The van der Waals surface area contributed by atoms with Gasteiger partial charge in [-0.25, -0.2) is 0 Å². The van der Waals surface area contributed by atoms with Gasteiger partial charge < -0.3 is 15.6 Å². The number of nitrogens with zero attached hydrogens (tertiary/aromatic N) is 1. The molecule has 1 fully saturated rings. The van der Waals surface area contributed by atoms with Crippen LogP contribution in [0.1, 0.15) is 18.4 Å². The number of likely N-dealkylation sites (tertiary alicyclic amines) is 1. The van der Waals surface area contributed by atoms with Crippen LogP contribution in [0.15, 0.2) is 16.6 Å². The van der Waals surface area contributed by atoms with Crippen molar-refractivity contribution in [3.8, 4) is 11.5 Å². The van der Waals surface area contributed by atoms with Gasteiger partial charge in [0.25, 0.3) is 0 Å². The van der Waals surface area contributed by atoms with Gasteiger partial charge in [-0.05, 0) is 53.0 Å². The summed E-state index contributed by atoms with van der Waals surface area (Å²) < 4.78 is 5.75. The van der Waals surface area contributed by atoms with Gasteiger partial charge >= 0.3 is 0 Å². The van der Waals surface area contributed by atoms with Crippen LogP contribution in [0.2, 0.25) is 0 Å². The summed E-state index contributed by atoms with van der Waals surface area (Å²) in [7, 11) is 1.52. The van der Waals surface area contributed by atoms with Crippen LogP contribution >= 0.6 is 15.9 Å². The van der Waals surface area contributed by atoms with Crippen molar-refractivity contribution in [3.63, 3.8) is 0 Å². The average Bonchev–Trinajstić information content (AvgIpc) is 2.43. The highest BCUT2D eigenvalue weighted by Gasteiger charge is 2.24. The highest BCUT2D eigenvalue weighted by Crippen LogP contribution is 2.35. The van der Waals surface area contributed by atoms with Gasteiger partial charge in [0.15, 0.2) is 11.5 Å². The Morgan fingerprint density at radius 3 is 3.00 bits per heavy atom. The van der Waals surface area contributed by atoms with Crippen LogP contribution in [0.25, 0.3) is 0 Å². The Bertz CT molecular complexity index is 507. The highest BCUT2D eigenvalue weighted by atomic mass is 79.9. The minimum Gasteiger partial charge on any atom is -0.503 e. The van der Waals surface area contributed by atoms with E-state index in [2.05, 4.69) is 20.8 Å². The molecule has 0 aliphatic carbocycles. The van der Waals surface area contributed by atoms with E-state index in [9.17, 15) is 9.90 Å². The van der Waals surface area contributed by atoms with Crippen molar-refractivity contribution in [2.45, 2.75) is 19.4 Å². The summed E-state index contributed by atoms with van der Waals surface area (Å²) in [5.41, 5.74) is 6.41. The van der Waals surface area contributed by atoms with E-state index in [0.29, 0.717) is 23.3 Å². The molecular weight excluding hydrogens is 324 g/mol. The van der Waals surface area contributed by atoms with Gasteiger partial charge in [-0.2, -0.15) is 0 Å². The van der Waals surface area contributed by atoms with E-state index < -0.39 is 0 Å². The number of benzene rings is 1. The molecule has 0 unspecified atom stereocenters. The van der Waals surface area contributed by atoms with Crippen LogP contribution in [-0.4, -0.2) is 36.1 Å². The maximum absolute atomic E-state index is 11.3. The summed E-state index contributed by atoms with van der Waals surface area (Å²) in [5, 5.41) is 9.80. The molecule has 0 aromatic heterocycles. The van der Waals surface area contributed by atoms with E-state index in [1.165, 1.54) is 7.11 Å². The average molecular weight is 343 g/mol. The second kappa shape index (κ2) is 6.45. The molecule has 6 heteroatoms. The number of carbonyl (C=O) groups is 1. The Labute approximate surface area is 126 Å². The largest absolute Gasteiger partial charge is 0.503 e. The fraction of sp³-hybridized carbons (Fsp3) is 0.500. The number of halogens is 1. The Morgan fingerprint density at radius 1 is 1.60 bits per heavy atom. The van der Waals surface area contributed by atoms with E-state index in [4.69, 9.17) is 10.5 Å². The summed E-state index contributed by atoms with van der Waals surface area (Å²) >= 11 is 3.31. The monoisotopic (exact) mass is 342 g/mol. The molecule has 1 aliphatic rings. The summed E-state index contributed by atoms with van der Waals surface area (Å²) in [6.07, 6.45) is 1.85. The molecule has 110 valence electrons. The van der Waals surface area contributed by atoms with Gasteiger partial charge in [-0.15, -0.1) is 0 Å². The normalized spacial score (nSPS) is 19.8. The number of nitrogens with two attached hydrogens (primary N) is 1. The molecule has 5 nitrogen and oxygen atoms in total. The molecule has 1 amide bonds. The molecule has 1 aliphatic heterocycles. The van der Waals surface area contributed by atoms with E-state index in [1.807, 2.05) is 12.1 Å². The van der Waals surface area contributed by atoms with Crippen LogP contribution < -0.4 is 10.5 Å². The number of hydrogen-bond donors (Lipinski definition) is 2. The topological polar surface area (TPSA) is 75.8 Å². The van der Waals surface area contributed by atoms with Crippen molar-refractivity contribution in [2.24, 2.45) is 11.7 Å². The number of hydrogen-bond acceptors (Lipinski definition) is 4. The number of phenols is 1. The van der Waals surface area contributed by atoms with E-state index in [1.54, 1.807) is 0 Å². The molecule has 1 saturated heterocycles. The number of ether oxygens (including phenoxy) is 1. The van der Waals surface area contributed by atoms with Crippen LogP contribution in [0.4, 0.5) is 0 Å². The predicted molar refractivity (Wildman–Crippen MR) is 79.6 cm³/mol. The van der Waals surface area contributed by atoms with Crippen LogP contribution in [0.5, 0.6) is 11.5 Å². The van der Waals surface area contributed by atoms with Crippen molar-refractivity contribution in [3.05, 3.63) is 22.2 Å². The zero-order chi connectivity index (χ0) is 14.7. The van der Waals surface area contributed by atoms with Gasteiger partial charge in [0.2, 0.25) is 5.91 Å². The van der Waals surface area contributed by atoms with Crippen molar-refractivity contribution in [2.75, 3.05) is 20.2 Å². The molecule has 0 saturated carbocycles. The van der Waals surface area contributed by atoms with Gasteiger partial charge in [0.1, 0.15) is 0 Å². The van der Waals surface area contributed by atoms with Crippen LogP contribution in [-0.2, 0) is 11.3 Å². The lowest BCUT2D eigenvalue weighted by Gasteiger charge is -2.31. The second-order valence-electron chi connectivity index (χ2n) is 5.11. The Kier molecular flexibility index (Phi) is 4.88. The van der Waals surface area contributed by atoms with Gasteiger partial charge in [0, 0.05) is 13.1 Å². The number of methoxy groups -OCH3 is 1. The zero-order valence-electron chi connectivity index (χ0n) is 11.4. The minimum absolute atomic E-state index is 0.0637. The lowest BCUT2D eigenvalue weighted by atomic mass is 9.97. The molecule has 0 radical (unpaired) electrons. The molecule has 1 atom stereocenters. The van der Waals surface area contributed by atoms with E-state index >= 15 is 0 Å². The minimum atomic E-state index is -0.223. The van der Waals surface area contributed by atoms with Crippen molar-refractivity contribution < 1.29 is 14.6 Å². The van der Waals surface area contributed by atoms with Crippen molar-refractivity contribution >= 4 is 21.8 Å². The third-order valence-corrected chi connectivity index (χ3v) is 4.23. The van der Waals surface area contributed by atoms with Gasteiger partial charge in [-0.3, -0.25) is 9.69 Å². The molecule has 3 N–H and O–H groups in total. The van der Waals surface area contributed by atoms with Gasteiger partial charge in [0.05, 0.1) is 17.5 Å². The first-order valence-corrected chi connectivity index (χ1v) is 7.37. The number of piperidine rings is 1. The molecule has 1 aromatic rings. The third kappa shape index (κ3) is 3.43. The summed E-state index contributed by atoms with van der Waals surface area (Å²) in [6, 6.07) is 3.68. The maximum atomic E-state index is 11.3. The first kappa shape index (κ1) is 15.1. The van der Waals surface area contributed by atoms with Crippen molar-refractivity contribution in [1.82, 2.24) is 4.90 Å². The lowest BCUT2D eigenvalue weighted by Crippen LogP contribution is -2.40.